The minimum Gasteiger partial charge on any atom is -0.494 e. The number of benzene rings is 2. The molecule has 2 aromatic carbocycles. The van der Waals surface area contributed by atoms with Crippen LogP contribution in [0.25, 0.3) is 0 Å². The number of thioether (sulfide) groups is 1. The fourth-order valence-corrected chi connectivity index (χ4v) is 3.73. The van der Waals surface area contributed by atoms with Gasteiger partial charge < -0.3 is 19.9 Å². The molecular formula is C24H27N5O3S. The van der Waals surface area contributed by atoms with Gasteiger partial charge >= 0.3 is 0 Å². The first kappa shape index (κ1) is 24.1. The van der Waals surface area contributed by atoms with Crippen LogP contribution in [-0.2, 0) is 17.9 Å². The summed E-state index contributed by atoms with van der Waals surface area (Å²) in [6, 6.07) is 14.6. The average molecular weight is 466 g/mol. The predicted molar refractivity (Wildman–Crippen MR) is 130 cm³/mol. The Bertz CT molecular complexity index is 1090. The Morgan fingerprint density at radius 2 is 1.85 bits per heavy atom. The van der Waals surface area contributed by atoms with Crippen LogP contribution >= 0.6 is 11.8 Å². The molecule has 2 N–H and O–H groups in total. The number of aromatic nitrogens is 3. The van der Waals surface area contributed by atoms with E-state index in [0.717, 1.165) is 11.3 Å². The minimum absolute atomic E-state index is 0.161. The van der Waals surface area contributed by atoms with Crippen LogP contribution in [0.15, 0.2) is 66.3 Å². The van der Waals surface area contributed by atoms with Gasteiger partial charge in [-0.05, 0) is 50.2 Å². The third-order valence-electron chi connectivity index (χ3n) is 4.61. The first-order valence-corrected chi connectivity index (χ1v) is 11.5. The van der Waals surface area contributed by atoms with Crippen molar-refractivity contribution >= 4 is 29.3 Å². The molecule has 8 nitrogen and oxygen atoms in total. The first-order chi connectivity index (χ1) is 16.0. The van der Waals surface area contributed by atoms with E-state index >= 15 is 0 Å². The largest absolute Gasteiger partial charge is 0.494 e. The van der Waals surface area contributed by atoms with Crippen LogP contribution in [0.4, 0.5) is 5.69 Å². The van der Waals surface area contributed by atoms with Gasteiger partial charge in [0.2, 0.25) is 5.91 Å². The second-order valence-corrected chi connectivity index (χ2v) is 8.08. The van der Waals surface area contributed by atoms with Gasteiger partial charge in [0.15, 0.2) is 11.0 Å². The van der Waals surface area contributed by atoms with Crippen LogP contribution < -0.4 is 15.4 Å². The van der Waals surface area contributed by atoms with Gasteiger partial charge in [0.05, 0.1) is 18.9 Å². The number of hydrogen-bond acceptors (Lipinski definition) is 6. The molecule has 0 radical (unpaired) electrons. The van der Waals surface area contributed by atoms with Crippen molar-refractivity contribution in [1.29, 1.82) is 0 Å². The maximum atomic E-state index is 12.4. The van der Waals surface area contributed by atoms with Gasteiger partial charge in [-0.1, -0.05) is 35.5 Å². The lowest BCUT2D eigenvalue weighted by Crippen LogP contribution is -2.24. The molecule has 0 fully saturated rings. The molecule has 0 aliphatic carbocycles. The molecule has 3 rings (SSSR count). The summed E-state index contributed by atoms with van der Waals surface area (Å²) in [7, 11) is 0. The molecule has 2 amide bonds. The predicted octanol–water partition coefficient (Wildman–Crippen LogP) is 3.83. The molecule has 3 aromatic rings. The van der Waals surface area contributed by atoms with Crippen molar-refractivity contribution in [3.05, 3.63) is 78.1 Å². The number of rotatable bonds is 11. The number of amides is 2. The number of allylic oxidation sites excluding steroid dienone is 1. The number of carbonyl (C=O) groups is 2. The normalized spacial score (nSPS) is 10.5. The van der Waals surface area contributed by atoms with Gasteiger partial charge in [-0.3, -0.25) is 9.59 Å². The van der Waals surface area contributed by atoms with Crippen molar-refractivity contribution in [2.24, 2.45) is 0 Å². The van der Waals surface area contributed by atoms with Gasteiger partial charge in [-0.15, -0.1) is 16.8 Å². The lowest BCUT2D eigenvalue weighted by molar-refractivity contribution is -0.113. The summed E-state index contributed by atoms with van der Waals surface area (Å²) in [4.78, 5) is 24.8. The highest BCUT2D eigenvalue weighted by Crippen LogP contribution is 2.19. The fourth-order valence-electron chi connectivity index (χ4n) is 2.96. The summed E-state index contributed by atoms with van der Waals surface area (Å²) in [5.74, 6) is 1.16. The van der Waals surface area contributed by atoms with E-state index in [-0.39, 0.29) is 24.1 Å². The Hall–Kier alpha value is -3.59. The van der Waals surface area contributed by atoms with E-state index in [1.807, 2.05) is 42.7 Å². The molecule has 0 unspecified atom stereocenters. The molecule has 0 aliphatic rings. The molecule has 0 atom stereocenters. The number of anilines is 1. The SMILES string of the molecule is C=CCn1c(CNC(=O)c2ccc(C)cc2)nnc1SCC(=O)Nc1ccc(OCC)cc1. The molecule has 1 heterocycles. The zero-order valence-electron chi connectivity index (χ0n) is 18.7. The summed E-state index contributed by atoms with van der Waals surface area (Å²) < 4.78 is 7.24. The van der Waals surface area contributed by atoms with Crippen molar-refractivity contribution in [2.75, 3.05) is 17.7 Å². The van der Waals surface area contributed by atoms with Gasteiger partial charge in [-0.2, -0.15) is 0 Å². The molecule has 0 saturated heterocycles. The van der Waals surface area contributed by atoms with Crippen LogP contribution in [-0.4, -0.2) is 38.9 Å². The van der Waals surface area contributed by atoms with Crippen molar-refractivity contribution in [1.82, 2.24) is 20.1 Å². The Kier molecular flexibility index (Phi) is 8.65. The third-order valence-corrected chi connectivity index (χ3v) is 5.57. The Morgan fingerprint density at radius 1 is 1.12 bits per heavy atom. The molecule has 0 aliphatic heterocycles. The highest BCUT2D eigenvalue weighted by atomic mass is 32.2. The summed E-state index contributed by atoms with van der Waals surface area (Å²) in [5, 5.41) is 14.7. The van der Waals surface area contributed by atoms with Crippen LogP contribution in [0.3, 0.4) is 0 Å². The molecule has 172 valence electrons. The minimum atomic E-state index is -0.188. The quantitative estimate of drug-likeness (QED) is 0.330. The zero-order valence-corrected chi connectivity index (χ0v) is 19.5. The van der Waals surface area contributed by atoms with E-state index in [1.54, 1.807) is 30.3 Å². The summed E-state index contributed by atoms with van der Waals surface area (Å²) in [6.45, 7) is 8.93. The second kappa shape index (κ2) is 11.9. The van der Waals surface area contributed by atoms with Crippen LogP contribution in [0.5, 0.6) is 5.75 Å². The molecule has 9 heteroatoms. The number of ether oxygens (including phenoxy) is 1. The van der Waals surface area contributed by atoms with Gasteiger partial charge in [0, 0.05) is 17.8 Å². The molecular weight excluding hydrogens is 438 g/mol. The van der Waals surface area contributed by atoms with Crippen molar-refractivity contribution in [3.63, 3.8) is 0 Å². The lowest BCUT2D eigenvalue weighted by atomic mass is 10.1. The third kappa shape index (κ3) is 6.95. The maximum Gasteiger partial charge on any atom is 0.251 e. The highest BCUT2D eigenvalue weighted by molar-refractivity contribution is 7.99. The topological polar surface area (TPSA) is 98.1 Å². The summed E-state index contributed by atoms with van der Waals surface area (Å²) in [5.41, 5.74) is 2.36. The van der Waals surface area contributed by atoms with E-state index in [2.05, 4.69) is 27.4 Å². The average Bonchev–Trinajstić information content (AvgIpc) is 3.20. The number of carbonyl (C=O) groups excluding carboxylic acids is 2. The number of hydrogen-bond donors (Lipinski definition) is 2. The smallest absolute Gasteiger partial charge is 0.251 e. The number of nitrogens with one attached hydrogen (secondary N) is 2. The Labute approximate surface area is 197 Å². The number of aryl methyl sites for hydroxylation is 1. The van der Waals surface area contributed by atoms with E-state index < -0.39 is 0 Å². The Morgan fingerprint density at radius 3 is 2.52 bits per heavy atom. The Balaban J connectivity index is 1.56. The maximum absolute atomic E-state index is 12.4. The second-order valence-electron chi connectivity index (χ2n) is 7.14. The summed E-state index contributed by atoms with van der Waals surface area (Å²) >= 11 is 1.27. The van der Waals surface area contributed by atoms with Crippen molar-refractivity contribution < 1.29 is 14.3 Å². The molecule has 0 spiro atoms. The van der Waals surface area contributed by atoms with Gasteiger partial charge in [-0.25, -0.2) is 0 Å². The number of nitrogens with zero attached hydrogens (tertiary/aromatic N) is 3. The zero-order chi connectivity index (χ0) is 23.6. The van der Waals surface area contributed by atoms with E-state index in [4.69, 9.17) is 4.74 Å². The molecule has 0 bridgehead atoms. The van der Waals surface area contributed by atoms with Crippen LogP contribution in [0.1, 0.15) is 28.7 Å². The molecule has 0 saturated carbocycles. The van der Waals surface area contributed by atoms with E-state index in [9.17, 15) is 9.59 Å². The lowest BCUT2D eigenvalue weighted by Gasteiger charge is -2.09. The van der Waals surface area contributed by atoms with Gasteiger partial charge in [0.1, 0.15) is 5.75 Å². The van der Waals surface area contributed by atoms with Crippen LogP contribution in [0.2, 0.25) is 0 Å². The van der Waals surface area contributed by atoms with E-state index in [1.165, 1.54) is 11.8 Å². The highest BCUT2D eigenvalue weighted by Gasteiger charge is 2.15. The molecule has 1 aromatic heterocycles. The summed E-state index contributed by atoms with van der Waals surface area (Å²) in [6.07, 6.45) is 1.72. The standard InChI is InChI=1S/C24H27N5O3S/c1-4-14-29-21(15-25-23(31)18-8-6-17(3)7-9-18)27-28-24(29)33-16-22(30)26-19-10-12-20(13-11-19)32-5-2/h4,6-13H,1,5,14-16H2,2-3H3,(H,25,31)(H,26,30). The molecule has 33 heavy (non-hydrogen) atoms. The van der Waals surface area contributed by atoms with E-state index in [0.29, 0.717) is 35.4 Å². The first-order valence-electron chi connectivity index (χ1n) is 10.5. The monoisotopic (exact) mass is 465 g/mol. The van der Waals surface area contributed by atoms with Gasteiger partial charge in [0.25, 0.3) is 5.91 Å². The van der Waals surface area contributed by atoms with Crippen molar-refractivity contribution in [3.8, 4) is 5.75 Å². The van der Waals surface area contributed by atoms with Crippen molar-refractivity contribution in [2.45, 2.75) is 32.1 Å². The fraction of sp³-hybridized carbons (Fsp3) is 0.250. The van der Waals surface area contributed by atoms with Crippen LogP contribution in [0, 0.1) is 6.92 Å².